The summed E-state index contributed by atoms with van der Waals surface area (Å²) >= 11 is 0. The van der Waals surface area contributed by atoms with Crippen LogP contribution in [0.2, 0.25) is 0 Å². The molecule has 4 rings (SSSR count). The van der Waals surface area contributed by atoms with Crippen molar-refractivity contribution in [2.45, 2.75) is 27.7 Å². The number of nitrogens with one attached hydrogen (secondary N) is 1. The number of carbonyl (C=O) groups is 1. The molecule has 1 N–H and O–H groups in total. The van der Waals surface area contributed by atoms with Gasteiger partial charge in [-0.25, -0.2) is 14.2 Å². The summed E-state index contributed by atoms with van der Waals surface area (Å²) < 4.78 is 3.41. The summed E-state index contributed by atoms with van der Waals surface area (Å²) in [6.07, 6.45) is 3.46. The third-order valence-electron chi connectivity index (χ3n) is 4.44. The highest BCUT2D eigenvalue weighted by Gasteiger charge is 2.16. The fourth-order valence-electron chi connectivity index (χ4n) is 3.01. The molecule has 7 nitrogen and oxygen atoms in total. The first-order valence-corrected chi connectivity index (χ1v) is 8.69. The fraction of sp³-hybridized carbons (Fsp3) is 0.200. The smallest absolute Gasteiger partial charge is 0.275 e. The third kappa shape index (κ3) is 3.08. The van der Waals surface area contributed by atoms with Crippen molar-refractivity contribution in [3.8, 4) is 5.69 Å². The van der Waals surface area contributed by atoms with Crippen molar-refractivity contribution in [2.24, 2.45) is 0 Å². The fourth-order valence-corrected chi connectivity index (χ4v) is 3.01. The van der Waals surface area contributed by atoms with E-state index in [-0.39, 0.29) is 5.91 Å². The van der Waals surface area contributed by atoms with Crippen LogP contribution >= 0.6 is 0 Å². The van der Waals surface area contributed by atoms with Gasteiger partial charge in [0.25, 0.3) is 5.91 Å². The lowest BCUT2D eigenvalue weighted by molar-refractivity contribution is 0.102. The van der Waals surface area contributed by atoms with Crippen molar-refractivity contribution >= 4 is 17.4 Å². The molecule has 7 heteroatoms. The van der Waals surface area contributed by atoms with E-state index in [0.717, 1.165) is 28.1 Å². The Morgan fingerprint density at radius 1 is 1.04 bits per heavy atom. The molecule has 1 aromatic carbocycles. The number of aromatic nitrogens is 5. The van der Waals surface area contributed by atoms with Gasteiger partial charge in [-0.15, -0.1) is 0 Å². The molecule has 3 heterocycles. The molecule has 3 aromatic heterocycles. The van der Waals surface area contributed by atoms with Gasteiger partial charge in [0, 0.05) is 17.8 Å². The van der Waals surface area contributed by atoms with Crippen LogP contribution in [0.25, 0.3) is 11.3 Å². The molecule has 1 amide bonds. The van der Waals surface area contributed by atoms with Gasteiger partial charge in [-0.3, -0.25) is 4.79 Å². The van der Waals surface area contributed by atoms with E-state index in [2.05, 4.69) is 32.6 Å². The molecule has 0 atom stereocenters. The van der Waals surface area contributed by atoms with Gasteiger partial charge in [0.15, 0.2) is 5.65 Å². The Hall–Kier alpha value is -3.48. The van der Waals surface area contributed by atoms with Crippen molar-refractivity contribution in [3.63, 3.8) is 0 Å². The molecule has 0 radical (unpaired) electrons. The molecule has 0 aliphatic heterocycles. The first kappa shape index (κ1) is 17.0. The Kier molecular flexibility index (Phi) is 3.99. The van der Waals surface area contributed by atoms with Crippen LogP contribution in [0.15, 0.2) is 42.7 Å². The predicted molar refractivity (Wildman–Crippen MR) is 103 cm³/mol. The van der Waals surface area contributed by atoms with E-state index < -0.39 is 0 Å². The van der Waals surface area contributed by atoms with Gasteiger partial charge in [-0.2, -0.15) is 10.2 Å². The van der Waals surface area contributed by atoms with Gasteiger partial charge in [-0.1, -0.05) is 12.1 Å². The van der Waals surface area contributed by atoms with Crippen LogP contribution in [0, 0.1) is 27.7 Å². The molecule has 27 heavy (non-hydrogen) atoms. The molecule has 0 spiro atoms. The van der Waals surface area contributed by atoms with E-state index in [1.54, 1.807) is 27.7 Å². The zero-order chi connectivity index (χ0) is 19.1. The standard InChI is InChI=1S/C20H20N6O/c1-12-5-6-13(2)17(9-12)26-18(10-15(4)24-26)23-20(27)16-7-8-25-19(22-16)14(3)11-21-25/h5-11H,1-4H3,(H,23,27). The number of carbonyl (C=O) groups excluding carboxylic acids is 1. The molecule has 4 aromatic rings. The number of anilines is 1. The van der Waals surface area contributed by atoms with E-state index in [0.29, 0.717) is 17.2 Å². The normalized spacial score (nSPS) is 11.1. The summed E-state index contributed by atoms with van der Waals surface area (Å²) in [5, 5.41) is 11.7. The van der Waals surface area contributed by atoms with Crippen molar-refractivity contribution in [1.29, 1.82) is 0 Å². The minimum Gasteiger partial charge on any atom is -0.305 e. The second kappa shape index (κ2) is 6.35. The summed E-state index contributed by atoms with van der Waals surface area (Å²) in [5.74, 6) is 0.322. The summed E-state index contributed by atoms with van der Waals surface area (Å²) in [6, 6.07) is 9.66. The highest BCUT2D eigenvalue weighted by atomic mass is 16.2. The molecule has 136 valence electrons. The Bertz CT molecular complexity index is 1170. The van der Waals surface area contributed by atoms with Crippen LogP contribution in [0.5, 0.6) is 0 Å². The highest BCUT2D eigenvalue weighted by Crippen LogP contribution is 2.22. The lowest BCUT2D eigenvalue weighted by Crippen LogP contribution is -2.17. The molecule has 0 unspecified atom stereocenters. The average Bonchev–Trinajstić information content (AvgIpc) is 3.19. The van der Waals surface area contributed by atoms with E-state index in [1.807, 2.05) is 39.8 Å². The van der Waals surface area contributed by atoms with Gasteiger partial charge in [0.2, 0.25) is 0 Å². The molecular formula is C20H20N6O. The molecule has 0 saturated carbocycles. The van der Waals surface area contributed by atoms with Gasteiger partial charge >= 0.3 is 0 Å². The monoisotopic (exact) mass is 360 g/mol. The molecular weight excluding hydrogens is 340 g/mol. The van der Waals surface area contributed by atoms with E-state index in [1.165, 1.54) is 0 Å². The minimum absolute atomic E-state index is 0.287. The number of amides is 1. The number of benzene rings is 1. The number of rotatable bonds is 3. The second-order valence-corrected chi connectivity index (χ2v) is 6.74. The molecule has 0 saturated heterocycles. The topological polar surface area (TPSA) is 77.1 Å². The zero-order valence-corrected chi connectivity index (χ0v) is 15.7. The lowest BCUT2D eigenvalue weighted by atomic mass is 10.1. The first-order chi connectivity index (χ1) is 12.9. The van der Waals surface area contributed by atoms with Crippen LogP contribution in [0.4, 0.5) is 5.82 Å². The van der Waals surface area contributed by atoms with Gasteiger partial charge in [0.1, 0.15) is 11.5 Å². The van der Waals surface area contributed by atoms with Crippen molar-refractivity contribution in [2.75, 3.05) is 5.32 Å². The highest BCUT2D eigenvalue weighted by molar-refractivity contribution is 6.02. The van der Waals surface area contributed by atoms with Crippen LogP contribution in [-0.2, 0) is 0 Å². The predicted octanol–water partition coefficient (Wildman–Crippen LogP) is 3.40. The van der Waals surface area contributed by atoms with Crippen molar-refractivity contribution < 1.29 is 4.79 Å². The van der Waals surface area contributed by atoms with Gasteiger partial charge in [0.05, 0.1) is 17.6 Å². The lowest BCUT2D eigenvalue weighted by Gasteiger charge is -2.12. The van der Waals surface area contributed by atoms with Gasteiger partial charge < -0.3 is 5.32 Å². The maximum Gasteiger partial charge on any atom is 0.275 e. The van der Waals surface area contributed by atoms with Crippen LogP contribution in [-0.4, -0.2) is 30.3 Å². The van der Waals surface area contributed by atoms with Crippen molar-refractivity contribution in [1.82, 2.24) is 24.4 Å². The van der Waals surface area contributed by atoms with E-state index in [4.69, 9.17) is 0 Å². The Morgan fingerprint density at radius 2 is 1.85 bits per heavy atom. The minimum atomic E-state index is -0.287. The van der Waals surface area contributed by atoms with E-state index in [9.17, 15) is 4.79 Å². The number of fused-ring (bicyclic) bond motifs is 1. The SMILES string of the molecule is Cc1ccc(C)c(-n2nc(C)cc2NC(=O)c2ccn3ncc(C)c3n2)c1. The van der Waals surface area contributed by atoms with Gasteiger partial charge in [-0.05, 0) is 51.0 Å². The zero-order valence-electron chi connectivity index (χ0n) is 15.7. The average molecular weight is 360 g/mol. The second-order valence-electron chi connectivity index (χ2n) is 6.74. The summed E-state index contributed by atoms with van der Waals surface area (Å²) in [6.45, 7) is 7.87. The quantitative estimate of drug-likeness (QED) is 0.607. The maximum atomic E-state index is 12.8. The maximum absolute atomic E-state index is 12.8. The number of nitrogens with zero attached hydrogens (tertiary/aromatic N) is 5. The van der Waals surface area contributed by atoms with Crippen LogP contribution < -0.4 is 5.32 Å². The third-order valence-corrected chi connectivity index (χ3v) is 4.44. The molecule has 0 fully saturated rings. The number of aryl methyl sites for hydroxylation is 4. The van der Waals surface area contributed by atoms with Crippen molar-refractivity contribution in [3.05, 3.63) is 70.8 Å². The van der Waals surface area contributed by atoms with Crippen LogP contribution in [0.1, 0.15) is 32.9 Å². The Morgan fingerprint density at radius 3 is 2.67 bits per heavy atom. The first-order valence-electron chi connectivity index (χ1n) is 8.69. The largest absolute Gasteiger partial charge is 0.305 e. The number of hydrogen-bond donors (Lipinski definition) is 1. The Balaban J connectivity index is 1.71. The molecule has 0 bridgehead atoms. The molecule has 0 aliphatic carbocycles. The summed E-state index contributed by atoms with van der Waals surface area (Å²) in [7, 11) is 0. The Labute approximate surface area is 156 Å². The summed E-state index contributed by atoms with van der Waals surface area (Å²) in [4.78, 5) is 17.2. The number of hydrogen-bond acceptors (Lipinski definition) is 4. The summed E-state index contributed by atoms with van der Waals surface area (Å²) in [5.41, 5.74) is 5.88. The van der Waals surface area contributed by atoms with Crippen LogP contribution in [0.3, 0.4) is 0 Å². The van der Waals surface area contributed by atoms with E-state index >= 15 is 0 Å². The molecule has 0 aliphatic rings.